The van der Waals surface area contributed by atoms with Gasteiger partial charge in [-0.2, -0.15) is 0 Å². The summed E-state index contributed by atoms with van der Waals surface area (Å²) in [5.41, 5.74) is -0.260. The van der Waals surface area contributed by atoms with E-state index in [2.05, 4.69) is 39.6 Å². The number of nitrogens with one attached hydrogen (secondary N) is 1. The smallest absolute Gasteiger partial charge is 0.215 e. The molecule has 2 aromatic rings. The Morgan fingerprint density at radius 1 is 1.46 bits per heavy atom. The Bertz CT molecular complexity index is 732. The van der Waals surface area contributed by atoms with E-state index in [1.165, 1.54) is 10.8 Å². The number of H-pyrrole nitrogens is 1. The summed E-state index contributed by atoms with van der Waals surface area (Å²) in [6, 6.07) is 7.48. The summed E-state index contributed by atoms with van der Waals surface area (Å²) in [5, 5.41) is 14.7. The maximum atomic E-state index is 11.2. The van der Waals surface area contributed by atoms with Crippen LogP contribution in [0.25, 0.3) is 0 Å². The van der Waals surface area contributed by atoms with Crippen molar-refractivity contribution in [2.45, 2.75) is 43.2 Å². The van der Waals surface area contributed by atoms with Gasteiger partial charge in [0.05, 0.1) is 11.4 Å². The molecule has 132 valence electrons. The van der Waals surface area contributed by atoms with Gasteiger partial charge in [0.1, 0.15) is 11.9 Å². The summed E-state index contributed by atoms with van der Waals surface area (Å²) in [7, 11) is 0. The Labute approximate surface area is 170 Å². The van der Waals surface area contributed by atoms with Crippen LogP contribution in [0.4, 0.5) is 0 Å². The summed E-state index contributed by atoms with van der Waals surface area (Å²) in [5.74, 6) is 0. The molecule has 1 saturated carbocycles. The van der Waals surface area contributed by atoms with E-state index >= 15 is 0 Å². The highest BCUT2D eigenvalue weighted by Crippen LogP contribution is 2.53. The number of rotatable bonds is 5. The van der Waals surface area contributed by atoms with Crippen molar-refractivity contribution in [3.05, 3.63) is 45.9 Å². The van der Waals surface area contributed by atoms with E-state index in [0.29, 0.717) is 16.2 Å². The number of aliphatic hydroxyl groups is 1. The van der Waals surface area contributed by atoms with Crippen molar-refractivity contribution in [3.8, 4) is 0 Å². The molecule has 1 fully saturated rings. The second-order valence-electron chi connectivity index (χ2n) is 5.79. The highest BCUT2D eigenvalue weighted by atomic mass is 127. The zero-order chi connectivity index (χ0) is 17.8. The fourth-order valence-corrected chi connectivity index (χ4v) is 3.14. The van der Waals surface area contributed by atoms with Gasteiger partial charge in [-0.05, 0) is 41.1 Å². The number of aromatic nitrogens is 3. The number of benzene rings is 1. The first-order valence-corrected chi connectivity index (χ1v) is 10.3. The van der Waals surface area contributed by atoms with Crippen molar-refractivity contribution in [1.29, 1.82) is 0 Å². The van der Waals surface area contributed by atoms with Crippen LogP contribution < -0.4 is 0 Å². The summed E-state index contributed by atoms with van der Waals surface area (Å²) >= 11 is 20.2. The monoisotopic (exact) mass is 499 g/mol. The zero-order valence-corrected chi connectivity index (χ0v) is 17.8. The number of alkyl halides is 2. The molecular formula is C16H20Cl2IN3OS. The van der Waals surface area contributed by atoms with Crippen LogP contribution in [0.3, 0.4) is 0 Å². The molecule has 24 heavy (non-hydrogen) atoms. The Morgan fingerprint density at radius 3 is 2.58 bits per heavy atom. The molecule has 1 aliphatic carbocycles. The molecule has 2 N–H and O–H groups in total. The van der Waals surface area contributed by atoms with Crippen molar-refractivity contribution in [1.82, 2.24) is 14.8 Å². The topological polar surface area (TPSA) is 53.8 Å². The summed E-state index contributed by atoms with van der Waals surface area (Å²) in [6.45, 7) is 2.38. The summed E-state index contributed by atoms with van der Waals surface area (Å²) in [4.78, 5) is 3.34. The van der Waals surface area contributed by atoms with E-state index in [9.17, 15) is 5.11 Å². The Kier molecular flexibility index (Phi) is 7.13. The first kappa shape index (κ1) is 20.2. The average molecular weight is 500 g/mol. The minimum atomic E-state index is -1.13. The predicted molar refractivity (Wildman–Crippen MR) is 110 cm³/mol. The van der Waals surface area contributed by atoms with E-state index < -0.39 is 10.5 Å². The normalized spacial score (nSPS) is 17.5. The maximum Gasteiger partial charge on any atom is 0.215 e. The number of hydrogen-bond donors (Lipinski definition) is 2. The molecule has 1 atom stereocenters. The number of halogens is 3. The Hall–Kier alpha value is -0.150. The molecule has 4 nitrogen and oxygen atoms in total. The molecule has 1 heterocycles. The van der Waals surface area contributed by atoms with Crippen LogP contribution in [0.5, 0.6) is 0 Å². The van der Waals surface area contributed by atoms with Crippen LogP contribution in [-0.4, -0.2) is 34.8 Å². The molecule has 1 unspecified atom stereocenters. The highest BCUT2D eigenvalue weighted by molar-refractivity contribution is 14.1. The van der Waals surface area contributed by atoms with Gasteiger partial charge in [0.25, 0.3) is 0 Å². The van der Waals surface area contributed by atoms with Gasteiger partial charge >= 0.3 is 0 Å². The first-order chi connectivity index (χ1) is 11.3. The Balaban J connectivity index is 0.000000647. The molecule has 1 aliphatic rings. The van der Waals surface area contributed by atoms with Gasteiger partial charge in [0.15, 0.2) is 0 Å². The van der Waals surface area contributed by atoms with Crippen molar-refractivity contribution in [2.75, 3.05) is 4.43 Å². The van der Waals surface area contributed by atoms with Crippen LogP contribution in [0.15, 0.2) is 30.6 Å². The first-order valence-electron chi connectivity index (χ1n) is 7.66. The van der Waals surface area contributed by atoms with Gasteiger partial charge in [-0.25, -0.2) is 4.98 Å². The van der Waals surface area contributed by atoms with Crippen molar-refractivity contribution < 1.29 is 5.11 Å². The van der Waals surface area contributed by atoms with E-state index in [1.54, 1.807) is 4.68 Å². The molecule has 0 bridgehead atoms. The van der Waals surface area contributed by atoms with Crippen LogP contribution in [0, 0.1) is 4.77 Å². The SMILES string of the molecule is CCI.OC(Cc1ccccc1Cl)(Cn1[nH]cnc1=S)C1(Cl)CC1. The van der Waals surface area contributed by atoms with Crippen molar-refractivity contribution in [3.63, 3.8) is 0 Å². The standard InChI is InChI=1S/C14H15Cl2N3OS.C2H5I/c15-11-4-2-1-3-10(11)7-14(20,13(16)5-6-13)8-19-12(21)17-9-18-19;1-2-3/h1-4,9,20H,5-8H2,(H,17,18,21);2H2,1H3. The third-order valence-electron chi connectivity index (χ3n) is 4.00. The number of hydrogen-bond acceptors (Lipinski definition) is 3. The van der Waals surface area contributed by atoms with Gasteiger partial charge in [0, 0.05) is 11.4 Å². The minimum Gasteiger partial charge on any atom is -0.386 e. The molecule has 0 aliphatic heterocycles. The van der Waals surface area contributed by atoms with Crippen molar-refractivity contribution >= 4 is 58.0 Å². The highest BCUT2D eigenvalue weighted by Gasteiger charge is 2.58. The number of nitrogens with zero attached hydrogens (tertiary/aromatic N) is 2. The zero-order valence-electron chi connectivity index (χ0n) is 13.3. The average Bonchev–Trinajstić information content (AvgIpc) is 3.18. The largest absolute Gasteiger partial charge is 0.386 e. The minimum absolute atomic E-state index is 0.264. The molecular weight excluding hydrogens is 480 g/mol. The van der Waals surface area contributed by atoms with Gasteiger partial charge in [0.2, 0.25) is 4.77 Å². The molecule has 0 saturated heterocycles. The van der Waals surface area contributed by atoms with Crippen LogP contribution >= 0.6 is 58.0 Å². The Morgan fingerprint density at radius 2 is 2.08 bits per heavy atom. The lowest BCUT2D eigenvalue weighted by atomic mass is 9.89. The van der Waals surface area contributed by atoms with Gasteiger partial charge < -0.3 is 5.11 Å². The van der Waals surface area contributed by atoms with E-state index in [0.717, 1.165) is 18.4 Å². The molecule has 0 radical (unpaired) electrons. The molecule has 0 amide bonds. The van der Waals surface area contributed by atoms with Crippen molar-refractivity contribution in [2.24, 2.45) is 0 Å². The predicted octanol–water partition coefficient (Wildman–Crippen LogP) is 4.78. The molecule has 3 rings (SSSR count). The fourth-order valence-electron chi connectivity index (χ4n) is 2.54. The third kappa shape index (κ3) is 4.72. The van der Waals surface area contributed by atoms with Crippen LogP contribution in [-0.2, 0) is 13.0 Å². The lowest BCUT2D eigenvalue weighted by Crippen LogP contribution is -2.47. The third-order valence-corrected chi connectivity index (χ3v) is 5.43. The second-order valence-corrected chi connectivity index (χ2v) is 8.81. The lowest BCUT2D eigenvalue weighted by Gasteiger charge is -2.33. The van der Waals surface area contributed by atoms with Crippen LogP contribution in [0.2, 0.25) is 5.02 Å². The number of aromatic amines is 1. The van der Waals surface area contributed by atoms with E-state index in [4.69, 9.17) is 35.4 Å². The van der Waals surface area contributed by atoms with E-state index in [-0.39, 0.29) is 6.54 Å². The van der Waals surface area contributed by atoms with E-state index in [1.807, 2.05) is 24.3 Å². The second kappa shape index (κ2) is 8.49. The quantitative estimate of drug-likeness (QED) is 0.353. The summed E-state index contributed by atoms with van der Waals surface area (Å²) in [6.07, 6.45) is 3.43. The maximum absolute atomic E-state index is 11.2. The molecule has 8 heteroatoms. The molecule has 0 spiro atoms. The molecule has 1 aromatic heterocycles. The molecule has 1 aromatic carbocycles. The van der Waals surface area contributed by atoms with Gasteiger partial charge in [-0.15, -0.1) is 11.6 Å². The van der Waals surface area contributed by atoms with Gasteiger partial charge in [-0.3, -0.25) is 9.78 Å². The summed E-state index contributed by atoms with van der Waals surface area (Å²) < 4.78 is 3.25. The lowest BCUT2D eigenvalue weighted by molar-refractivity contribution is 0.00728. The van der Waals surface area contributed by atoms with Crippen LogP contribution in [0.1, 0.15) is 25.3 Å². The fraction of sp³-hybridized carbons (Fsp3) is 0.500. The van der Waals surface area contributed by atoms with Gasteiger partial charge in [-0.1, -0.05) is 59.3 Å².